The van der Waals surface area contributed by atoms with Gasteiger partial charge in [-0.3, -0.25) is 4.79 Å². The van der Waals surface area contributed by atoms with Gasteiger partial charge in [-0.15, -0.1) is 0 Å². The van der Waals surface area contributed by atoms with Gasteiger partial charge in [-0.1, -0.05) is 0 Å². The highest BCUT2D eigenvalue weighted by atomic mass is 19.1. The molecule has 6 heteroatoms. The molecule has 124 valence electrons. The van der Waals surface area contributed by atoms with Crippen LogP contribution in [0.3, 0.4) is 0 Å². The Morgan fingerprint density at radius 2 is 1.62 bits per heavy atom. The molecule has 24 heavy (non-hydrogen) atoms. The highest BCUT2D eigenvalue weighted by Gasteiger charge is 2.23. The summed E-state index contributed by atoms with van der Waals surface area (Å²) in [6.07, 6.45) is 0. The van der Waals surface area contributed by atoms with E-state index in [9.17, 15) is 9.18 Å². The highest BCUT2D eigenvalue weighted by Crippen LogP contribution is 2.35. The van der Waals surface area contributed by atoms with Gasteiger partial charge in [-0.2, -0.15) is 0 Å². The van der Waals surface area contributed by atoms with Crippen LogP contribution in [0.15, 0.2) is 42.5 Å². The van der Waals surface area contributed by atoms with Crippen LogP contribution >= 0.6 is 0 Å². The van der Waals surface area contributed by atoms with Crippen molar-refractivity contribution in [2.24, 2.45) is 0 Å². The zero-order chi connectivity index (χ0) is 16.5. The van der Waals surface area contributed by atoms with Crippen LogP contribution in [0.25, 0.3) is 0 Å². The standard InChI is InChI=1S/C18H17FN2O3/c19-14-3-1-13(2-4-14)18(22)21-9-7-20(8-10-21)15-5-6-16-17(11-15)24-12-23-16/h1-6,11H,7-10,12H2. The maximum Gasteiger partial charge on any atom is 0.253 e. The van der Waals surface area contributed by atoms with Gasteiger partial charge in [-0.05, 0) is 36.4 Å². The van der Waals surface area contributed by atoms with Crippen LogP contribution in [0.5, 0.6) is 11.5 Å². The number of nitrogens with zero attached hydrogens (tertiary/aromatic N) is 2. The Morgan fingerprint density at radius 1 is 0.917 bits per heavy atom. The lowest BCUT2D eigenvalue weighted by atomic mass is 10.1. The minimum Gasteiger partial charge on any atom is -0.454 e. The third-order valence-corrected chi connectivity index (χ3v) is 4.38. The van der Waals surface area contributed by atoms with Crippen LogP contribution in [-0.2, 0) is 0 Å². The number of rotatable bonds is 2. The first kappa shape index (κ1) is 14.8. The monoisotopic (exact) mass is 328 g/mol. The Kier molecular flexibility index (Phi) is 3.72. The van der Waals surface area contributed by atoms with E-state index in [4.69, 9.17) is 9.47 Å². The van der Waals surface area contributed by atoms with Crippen LogP contribution in [0.1, 0.15) is 10.4 Å². The summed E-state index contributed by atoms with van der Waals surface area (Å²) in [4.78, 5) is 16.5. The molecule has 0 N–H and O–H groups in total. The molecule has 0 radical (unpaired) electrons. The maximum absolute atomic E-state index is 13.0. The van der Waals surface area contributed by atoms with Crippen molar-refractivity contribution in [1.29, 1.82) is 0 Å². The summed E-state index contributed by atoms with van der Waals surface area (Å²) in [7, 11) is 0. The second kappa shape index (κ2) is 6.03. The van der Waals surface area contributed by atoms with Crippen LogP contribution in [-0.4, -0.2) is 43.8 Å². The SMILES string of the molecule is O=C(c1ccc(F)cc1)N1CCN(c2ccc3c(c2)OCO3)CC1. The molecule has 0 bridgehead atoms. The van der Waals surface area contributed by atoms with E-state index in [1.165, 1.54) is 24.3 Å². The summed E-state index contributed by atoms with van der Waals surface area (Å²) in [6.45, 7) is 3.01. The molecule has 4 rings (SSSR count). The van der Waals surface area contributed by atoms with Gasteiger partial charge in [-0.25, -0.2) is 4.39 Å². The number of hydrogen-bond donors (Lipinski definition) is 0. The second-order valence-corrected chi connectivity index (χ2v) is 5.82. The molecule has 0 aliphatic carbocycles. The van der Waals surface area contributed by atoms with Crippen LogP contribution < -0.4 is 14.4 Å². The second-order valence-electron chi connectivity index (χ2n) is 5.82. The van der Waals surface area contributed by atoms with E-state index in [-0.39, 0.29) is 18.5 Å². The molecule has 2 aliphatic rings. The molecule has 1 fully saturated rings. The van der Waals surface area contributed by atoms with Crippen molar-refractivity contribution in [2.75, 3.05) is 37.9 Å². The molecule has 0 aromatic heterocycles. The molecule has 2 heterocycles. The summed E-state index contributed by atoms with van der Waals surface area (Å²) in [5, 5.41) is 0. The lowest BCUT2D eigenvalue weighted by Gasteiger charge is -2.36. The first-order valence-corrected chi connectivity index (χ1v) is 7.90. The van der Waals surface area contributed by atoms with E-state index in [1.807, 2.05) is 18.2 Å². The number of amides is 1. The molecular formula is C18H17FN2O3. The third kappa shape index (κ3) is 2.75. The zero-order valence-electron chi connectivity index (χ0n) is 13.1. The summed E-state index contributed by atoms with van der Waals surface area (Å²) < 4.78 is 23.7. The number of benzene rings is 2. The molecule has 0 unspecified atom stereocenters. The van der Waals surface area contributed by atoms with E-state index in [0.717, 1.165) is 30.3 Å². The number of anilines is 1. The van der Waals surface area contributed by atoms with Gasteiger partial charge in [0.25, 0.3) is 5.91 Å². The molecular weight excluding hydrogens is 311 g/mol. The zero-order valence-corrected chi connectivity index (χ0v) is 13.1. The number of fused-ring (bicyclic) bond motifs is 1. The minimum absolute atomic E-state index is 0.0552. The van der Waals surface area contributed by atoms with E-state index in [1.54, 1.807) is 4.90 Å². The summed E-state index contributed by atoms with van der Waals surface area (Å²) in [5.41, 5.74) is 1.58. The number of carbonyl (C=O) groups is 1. The van der Waals surface area contributed by atoms with Crippen molar-refractivity contribution in [3.63, 3.8) is 0 Å². The van der Waals surface area contributed by atoms with Crippen LogP contribution in [0.2, 0.25) is 0 Å². The molecule has 1 amide bonds. The van der Waals surface area contributed by atoms with Gasteiger partial charge in [0, 0.05) is 43.5 Å². The predicted octanol–water partition coefficient (Wildman–Crippen LogP) is 2.52. The predicted molar refractivity (Wildman–Crippen MR) is 87.1 cm³/mol. The van der Waals surface area contributed by atoms with Crippen molar-refractivity contribution < 1.29 is 18.7 Å². The van der Waals surface area contributed by atoms with Crippen molar-refractivity contribution in [3.05, 3.63) is 53.8 Å². The van der Waals surface area contributed by atoms with Crippen molar-refractivity contribution in [1.82, 2.24) is 4.90 Å². The van der Waals surface area contributed by atoms with Gasteiger partial charge >= 0.3 is 0 Å². The first-order valence-electron chi connectivity index (χ1n) is 7.90. The Hall–Kier alpha value is -2.76. The van der Waals surface area contributed by atoms with E-state index >= 15 is 0 Å². The van der Waals surface area contributed by atoms with Gasteiger partial charge in [0.2, 0.25) is 6.79 Å². The molecule has 2 aromatic rings. The highest BCUT2D eigenvalue weighted by molar-refractivity contribution is 5.94. The normalized spacial score (nSPS) is 16.4. The molecule has 0 saturated carbocycles. The summed E-state index contributed by atoms with van der Waals surface area (Å²) in [6, 6.07) is 11.6. The Bertz CT molecular complexity index is 755. The maximum atomic E-state index is 13.0. The van der Waals surface area contributed by atoms with Crippen molar-refractivity contribution in [2.45, 2.75) is 0 Å². The molecule has 0 atom stereocenters. The number of piperazine rings is 1. The Balaban J connectivity index is 1.41. The lowest BCUT2D eigenvalue weighted by molar-refractivity contribution is 0.0746. The first-order chi connectivity index (χ1) is 11.7. The van der Waals surface area contributed by atoms with E-state index in [0.29, 0.717) is 18.7 Å². The smallest absolute Gasteiger partial charge is 0.253 e. The Morgan fingerprint density at radius 3 is 2.38 bits per heavy atom. The number of carbonyl (C=O) groups excluding carboxylic acids is 1. The van der Waals surface area contributed by atoms with Gasteiger partial charge in [0.15, 0.2) is 11.5 Å². The van der Waals surface area contributed by atoms with Crippen LogP contribution in [0.4, 0.5) is 10.1 Å². The largest absolute Gasteiger partial charge is 0.454 e. The average molecular weight is 328 g/mol. The van der Waals surface area contributed by atoms with Crippen LogP contribution in [0, 0.1) is 5.82 Å². The number of hydrogen-bond acceptors (Lipinski definition) is 4. The van der Waals surface area contributed by atoms with E-state index < -0.39 is 0 Å². The molecule has 1 saturated heterocycles. The lowest BCUT2D eigenvalue weighted by Crippen LogP contribution is -2.48. The fourth-order valence-electron chi connectivity index (χ4n) is 3.02. The molecule has 2 aliphatic heterocycles. The quantitative estimate of drug-likeness (QED) is 0.849. The van der Waals surface area contributed by atoms with Crippen molar-refractivity contribution >= 4 is 11.6 Å². The van der Waals surface area contributed by atoms with Crippen molar-refractivity contribution in [3.8, 4) is 11.5 Å². The minimum atomic E-state index is -0.334. The van der Waals surface area contributed by atoms with Gasteiger partial charge < -0.3 is 19.3 Å². The fourth-order valence-corrected chi connectivity index (χ4v) is 3.02. The van der Waals surface area contributed by atoms with Gasteiger partial charge in [0.05, 0.1) is 0 Å². The molecule has 5 nitrogen and oxygen atoms in total. The molecule has 0 spiro atoms. The summed E-state index contributed by atoms with van der Waals surface area (Å²) >= 11 is 0. The topological polar surface area (TPSA) is 42.0 Å². The number of ether oxygens (including phenoxy) is 2. The number of halogens is 1. The third-order valence-electron chi connectivity index (χ3n) is 4.38. The van der Waals surface area contributed by atoms with E-state index in [2.05, 4.69) is 4.90 Å². The Labute approximate surface area is 139 Å². The fraction of sp³-hybridized carbons (Fsp3) is 0.278. The molecule has 2 aromatic carbocycles. The van der Waals surface area contributed by atoms with Gasteiger partial charge in [0.1, 0.15) is 5.82 Å². The average Bonchev–Trinajstić information content (AvgIpc) is 3.09. The summed E-state index contributed by atoms with van der Waals surface area (Å²) in [5.74, 6) is 1.14.